The number of aryl methyl sites for hydroxylation is 1. The Morgan fingerprint density at radius 3 is 2.79 bits per heavy atom. The summed E-state index contributed by atoms with van der Waals surface area (Å²) < 4.78 is 10.6. The molecule has 1 aliphatic heterocycles. The Bertz CT molecular complexity index is 1040. The van der Waals surface area contributed by atoms with Gasteiger partial charge in [-0.3, -0.25) is 14.7 Å². The Morgan fingerprint density at radius 2 is 2.10 bits per heavy atom. The number of likely N-dealkylation sites (tertiary alicyclic amines) is 1. The monoisotopic (exact) mass is 394 g/mol. The number of nitrogens with one attached hydrogen (secondary N) is 2. The summed E-state index contributed by atoms with van der Waals surface area (Å²) >= 11 is 0. The van der Waals surface area contributed by atoms with Crippen molar-refractivity contribution in [3.05, 3.63) is 53.8 Å². The lowest BCUT2D eigenvalue weighted by Gasteiger charge is -2.32. The summed E-state index contributed by atoms with van der Waals surface area (Å²) in [7, 11) is 0. The van der Waals surface area contributed by atoms with E-state index < -0.39 is 0 Å². The van der Waals surface area contributed by atoms with Crippen LogP contribution in [0.4, 0.5) is 0 Å². The van der Waals surface area contributed by atoms with E-state index in [-0.39, 0.29) is 23.3 Å². The van der Waals surface area contributed by atoms with Crippen LogP contribution in [0, 0.1) is 12.3 Å². The van der Waals surface area contributed by atoms with Gasteiger partial charge in [-0.2, -0.15) is 5.10 Å². The standard InChI is InChI=1S/C21H22N4O4/c1-13-2-3-17(29-13)15-10-16(24-23-15)19(26)22-18-11-21(18)5-7-25(8-6-21)20(27)14-4-9-28-12-14/h2-4,9-10,12,18H,5-8,11H2,1H3,(H,22,26)(H,23,24). The number of piperidine rings is 1. The molecule has 3 aromatic rings. The molecule has 4 heterocycles. The largest absolute Gasteiger partial charge is 0.472 e. The normalized spacial score (nSPS) is 20.0. The molecule has 2 amide bonds. The van der Waals surface area contributed by atoms with Gasteiger partial charge in [-0.05, 0) is 49.8 Å². The Labute approximate surface area is 167 Å². The molecule has 1 atom stereocenters. The lowest BCUT2D eigenvalue weighted by atomic mass is 9.92. The van der Waals surface area contributed by atoms with Crippen molar-refractivity contribution >= 4 is 11.8 Å². The second-order valence-corrected chi connectivity index (χ2v) is 7.97. The number of hydrogen-bond donors (Lipinski definition) is 2. The molecule has 8 heteroatoms. The van der Waals surface area contributed by atoms with Gasteiger partial charge in [-0.15, -0.1) is 0 Å². The number of rotatable bonds is 4. The number of aromatic amines is 1. The predicted molar refractivity (Wildman–Crippen MR) is 103 cm³/mol. The van der Waals surface area contributed by atoms with E-state index in [1.807, 2.05) is 24.0 Å². The first-order valence-corrected chi connectivity index (χ1v) is 9.79. The highest BCUT2D eigenvalue weighted by Crippen LogP contribution is 2.54. The Hall–Kier alpha value is -3.29. The lowest BCUT2D eigenvalue weighted by molar-refractivity contribution is 0.0667. The van der Waals surface area contributed by atoms with Crippen molar-refractivity contribution in [2.24, 2.45) is 5.41 Å². The zero-order valence-electron chi connectivity index (χ0n) is 16.1. The van der Waals surface area contributed by atoms with E-state index in [4.69, 9.17) is 8.83 Å². The van der Waals surface area contributed by atoms with Crippen LogP contribution >= 0.6 is 0 Å². The smallest absolute Gasteiger partial charge is 0.272 e. The molecule has 2 fully saturated rings. The molecule has 3 aromatic heterocycles. The van der Waals surface area contributed by atoms with Crippen LogP contribution in [0.2, 0.25) is 0 Å². The third-order valence-electron chi connectivity index (χ3n) is 6.13. The van der Waals surface area contributed by atoms with Gasteiger partial charge in [-0.25, -0.2) is 0 Å². The van der Waals surface area contributed by atoms with E-state index >= 15 is 0 Å². The minimum atomic E-state index is -0.186. The molecule has 2 N–H and O–H groups in total. The van der Waals surface area contributed by atoms with Crippen molar-refractivity contribution in [3.8, 4) is 11.5 Å². The fourth-order valence-corrected chi connectivity index (χ4v) is 4.20. The first kappa shape index (κ1) is 17.8. The third-order valence-corrected chi connectivity index (χ3v) is 6.13. The maximum Gasteiger partial charge on any atom is 0.272 e. The number of H-pyrrole nitrogens is 1. The molecule has 8 nitrogen and oxygen atoms in total. The van der Waals surface area contributed by atoms with Gasteiger partial charge < -0.3 is 19.1 Å². The van der Waals surface area contributed by atoms with Gasteiger partial charge in [0.2, 0.25) is 0 Å². The highest BCUT2D eigenvalue weighted by Gasteiger charge is 2.56. The number of aromatic nitrogens is 2. The van der Waals surface area contributed by atoms with Crippen LogP contribution in [-0.2, 0) is 0 Å². The summed E-state index contributed by atoms with van der Waals surface area (Å²) in [6, 6.07) is 7.24. The molecule has 29 heavy (non-hydrogen) atoms. The van der Waals surface area contributed by atoms with Crippen molar-refractivity contribution in [2.75, 3.05) is 13.1 Å². The van der Waals surface area contributed by atoms with Crippen molar-refractivity contribution in [1.29, 1.82) is 0 Å². The van der Waals surface area contributed by atoms with E-state index in [1.54, 1.807) is 12.1 Å². The van der Waals surface area contributed by atoms with E-state index in [9.17, 15) is 9.59 Å². The van der Waals surface area contributed by atoms with Crippen molar-refractivity contribution < 1.29 is 18.4 Å². The van der Waals surface area contributed by atoms with E-state index in [0.29, 0.717) is 35.8 Å². The highest BCUT2D eigenvalue weighted by molar-refractivity contribution is 5.94. The number of hydrogen-bond acceptors (Lipinski definition) is 5. The van der Waals surface area contributed by atoms with E-state index in [0.717, 1.165) is 25.0 Å². The van der Waals surface area contributed by atoms with E-state index in [2.05, 4.69) is 15.5 Å². The molecule has 0 radical (unpaired) electrons. The quantitative estimate of drug-likeness (QED) is 0.708. The molecular formula is C21H22N4O4. The summed E-state index contributed by atoms with van der Waals surface area (Å²) in [5.41, 5.74) is 1.71. The summed E-state index contributed by atoms with van der Waals surface area (Å²) in [6.07, 6.45) is 5.72. The second-order valence-electron chi connectivity index (χ2n) is 7.97. The van der Waals surface area contributed by atoms with Crippen LogP contribution < -0.4 is 5.32 Å². The molecular weight excluding hydrogens is 372 g/mol. The Morgan fingerprint density at radius 1 is 1.28 bits per heavy atom. The Kier molecular flexibility index (Phi) is 4.08. The SMILES string of the molecule is Cc1ccc(-c2cc(C(=O)NC3CC34CCN(C(=O)c3ccoc3)CC4)n[nH]2)o1. The topological polar surface area (TPSA) is 104 Å². The number of furan rings is 2. The number of nitrogens with zero attached hydrogens (tertiary/aromatic N) is 2. The first-order valence-electron chi connectivity index (χ1n) is 9.79. The molecule has 1 aliphatic carbocycles. The molecule has 1 unspecified atom stereocenters. The van der Waals surface area contributed by atoms with Gasteiger partial charge in [-0.1, -0.05) is 0 Å². The minimum Gasteiger partial charge on any atom is -0.472 e. The zero-order chi connectivity index (χ0) is 20.0. The van der Waals surface area contributed by atoms with Crippen LogP contribution in [0.25, 0.3) is 11.5 Å². The van der Waals surface area contributed by atoms with Gasteiger partial charge in [0.05, 0.1) is 11.8 Å². The summed E-state index contributed by atoms with van der Waals surface area (Å²) in [5, 5.41) is 10.1. The molecule has 1 saturated carbocycles. The van der Waals surface area contributed by atoms with Gasteiger partial charge >= 0.3 is 0 Å². The molecule has 1 spiro atoms. The fraction of sp³-hybridized carbons (Fsp3) is 0.381. The second kappa shape index (κ2) is 6.65. The molecule has 5 rings (SSSR count). The van der Waals surface area contributed by atoms with Crippen molar-refractivity contribution in [3.63, 3.8) is 0 Å². The van der Waals surface area contributed by atoms with Crippen molar-refractivity contribution in [2.45, 2.75) is 32.2 Å². The van der Waals surface area contributed by atoms with Gasteiger partial charge in [0.1, 0.15) is 17.7 Å². The lowest BCUT2D eigenvalue weighted by Crippen LogP contribution is -2.41. The minimum absolute atomic E-state index is 0.00653. The number of carbonyl (C=O) groups is 2. The summed E-state index contributed by atoms with van der Waals surface area (Å²) in [5.74, 6) is 1.28. The average molecular weight is 394 g/mol. The molecule has 150 valence electrons. The molecule has 0 aromatic carbocycles. The summed E-state index contributed by atoms with van der Waals surface area (Å²) in [6.45, 7) is 3.26. The third kappa shape index (κ3) is 3.24. The number of amides is 2. The zero-order valence-corrected chi connectivity index (χ0v) is 16.1. The number of carbonyl (C=O) groups excluding carboxylic acids is 2. The van der Waals surface area contributed by atoms with Crippen LogP contribution in [0.5, 0.6) is 0 Å². The average Bonchev–Trinajstić information content (AvgIpc) is 3.27. The fourth-order valence-electron chi connectivity index (χ4n) is 4.20. The predicted octanol–water partition coefficient (Wildman–Crippen LogP) is 3.00. The van der Waals surface area contributed by atoms with Crippen LogP contribution in [0.1, 0.15) is 45.9 Å². The van der Waals surface area contributed by atoms with Crippen LogP contribution in [0.3, 0.4) is 0 Å². The molecule has 2 aliphatic rings. The van der Waals surface area contributed by atoms with Gasteiger partial charge in [0.25, 0.3) is 11.8 Å². The van der Waals surface area contributed by atoms with E-state index in [1.165, 1.54) is 12.5 Å². The maximum absolute atomic E-state index is 12.6. The molecule has 1 saturated heterocycles. The first-order chi connectivity index (χ1) is 14.0. The highest BCUT2D eigenvalue weighted by atomic mass is 16.3. The molecule has 0 bridgehead atoms. The summed E-state index contributed by atoms with van der Waals surface area (Å²) in [4.78, 5) is 26.9. The van der Waals surface area contributed by atoms with Gasteiger partial charge in [0.15, 0.2) is 11.5 Å². The Balaban J connectivity index is 1.17. The van der Waals surface area contributed by atoms with Crippen LogP contribution in [-0.4, -0.2) is 46.0 Å². The van der Waals surface area contributed by atoms with Crippen molar-refractivity contribution in [1.82, 2.24) is 20.4 Å². The van der Waals surface area contributed by atoms with Gasteiger partial charge in [0, 0.05) is 25.2 Å². The van der Waals surface area contributed by atoms with Crippen LogP contribution in [0.15, 0.2) is 45.6 Å². The maximum atomic E-state index is 12.6.